The van der Waals surface area contributed by atoms with Crippen LogP contribution in [-0.4, -0.2) is 30.0 Å². The molecule has 0 amide bonds. The summed E-state index contributed by atoms with van der Waals surface area (Å²) < 4.78 is 9.13. The van der Waals surface area contributed by atoms with Gasteiger partial charge in [0, 0.05) is 13.1 Å². The molecule has 1 aliphatic rings. The van der Waals surface area contributed by atoms with Gasteiger partial charge in [0.05, 0.1) is 6.61 Å². The monoisotopic (exact) mass is 269 g/mol. The molecule has 100 valence electrons. The molecule has 0 atom stereocenters. The van der Waals surface area contributed by atoms with E-state index >= 15 is 0 Å². The lowest BCUT2D eigenvalue weighted by molar-refractivity contribution is 0.0528. The third kappa shape index (κ3) is 2.58. The van der Waals surface area contributed by atoms with Crippen molar-refractivity contribution in [3.05, 3.63) is 5.56 Å². The van der Waals surface area contributed by atoms with Crippen molar-refractivity contribution in [1.29, 1.82) is 0 Å². The summed E-state index contributed by atoms with van der Waals surface area (Å²) in [7, 11) is 0. The van der Waals surface area contributed by atoms with E-state index in [-0.39, 0.29) is 11.8 Å². The molecule has 0 bridgehead atoms. The van der Waals surface area contributed by atoms with Crippen LogP contribution in [0.15, 0.2) is 0 Å². The molecule has 2 heterocycles. The number of ether oxygens (including phenoxy) is 1. The van der Waals surface area contributed by atoms with Crippen molar-refractivity contribution in [2.45, 2.75) is 26.7 Å². The van der Waals surface area contributed by atoms with E-state index in [9.17, 15) is 4.79 Å². The summed E-state index contributed by atoms with van der Waals surface area (Å²) >= 11 is 1.29. The van der Waals surface area contributed by atoms with Crippen LogP contribution in [0.1, 0.15) is 37.0 Å². The summed E-state index contributed by atoms with van der Waals surface area (Å²) in [6, 6.07) is 0. The zero-order valence-electron chi connectivity index (χ0n) is 10.8. The van der Waals surface area contributed by atoms with E-state index in [1.807, 2.05) is 0 Å². The van der Waals surface area contributed by atoms with Crippen LogP contribution in [0.5, 0.6) is 0 Å². The van der Waals surface area contributed by atoms with Crippen LogP contribution in [0.4, 0.5) is 10.8 Å². The lowest BCUT2D eigenvalue weighted by Gasteiger charge is -2.31. The van der Waals surface area contributed by atoms with Crippen molar-refractivity contribution < 1.29 is 9.53 Å². The molecule has 0 saturated carbocycles. The average molecular weight is 269 g/mol. The molecule has 2 rings (SSSR count). The number of nitrogens with zero attached hydrogens (tertiary/aromatic N) is 2. The molecular formula is C12H19N3O2S. The van der Waals surface area contributed by atoms with Crippen molar-refractivity contribution in [3.8, 4) is 0 Å². The summed E-state index contributed by atoms with van der Waals surface area (Å²) in [4.78, 5) is 14.1. The molecule has 0 aromatic carbocycles. The largest absolute Gasteiger partial charge is 0.462 e. The highest BCUT2D eigenvalue weighted by atomic mass is 32.1. The highest BCUT2D eigenvalue weighted by Gasteiger charge is 2.26. The van der Waals surface area contributed by atoms with Crippen molar-refractivity contribution in [2.24, 2.45) is 5.92 Å². The molecule has 2 N–H and O–H groups in total. The molecule has 6 heteroatoms. The van der Waals surface area contributed by atoms with Gasteiger partial charge in [0.1, 0.15) is 10.6 Å². The number of nitrogens with two attached hydrogens (primary N) is 1. The lowest BCUT2D eigenvalue weighted by atomic mass is 9.99. The molecular weight excluding hydrogens is 250 g/mol. The van der Waals surface area contributed by atoms with Crippen molar-refractivity contribution >= 4 is 28.3 Å². The van der Waals surface area contributed by atoms with Crippen molar-refractivity contribution in [3.63, 3.8) is 0 Å². The first-order chi connectivity index (χ1) is 8.63. The number of hydrogen-bond donors (Lipinski definition) is 1. The van der Waals surface area contributed by atoms with Gasteiger partial charge in [0.15, 0.2) is 5.82 Å². The summed E-state index contributed by atoms with van der Waals surface area (Å²) in [6.45, 7) is 6.30. The molecule has 1 aromatic heterocycles. The highest BCUT2D eigenvalue weighted by molar-refractivity contribution is 7.11. The van der Waals surface area contributed by atoms with Crippen LogP contribution in [-0.2, 0) is 4.74 Å². The van der Waals surface area contributed by atoms with Crippen molar-refractivity contribution in [1.82, 2.24) is 4.37 Å². The van der Waals surface area contributed by atoms with Crippen LogP contribution in [0, 0.1) is 5.92 Å². The smallest absolute Gasteiger partial charge is 0.345 e. The Bertz CT molecular complexity index is 425. The van der Waals surface area contributed by atoms with E-state index in [4.69, 9.17) is 10.5 Å². The minimum Gasteiger partial charge on any atom is -0.462 e. The predicted octanol–water partition coefficient (Wildman–Crippen LogP) is 2.14. The van der Waals surface area contributed by atoms with Gasteiger partial charge in [-0.05, 0) is 37.2 Å². The maximum Gasteiger partial charge on any atom is 0.345 e. The van der Waals surface area contributed by atoms with Crippen LogP contribution >= 0.6 is 11.5 Å². The third-order valence-electron chi connectivity index (χ3n) is 3.25. The molecule has 5 nitrogen and oxygen atoms in total. The van der Waals surface area contributed by atoms with Crippen molar-refractivity contribution in [2.75, 3.05) is 30.3 Å². The van der Waals surface area contributed by atoms with E-state index in [0.717, 1.165) is 36.9 Å². The number of esters is 1. The van der Waals surface area contributed by atoms with Gasteiger partial charge in [0.25, 0.3) is 0 Å². The first-order valence-electron chi connectivity index (χ1n) is 6.30. The normalized spacial score (nSPS) is 16.9. The number of nitrogen functional groups attached to an aromatic ring is 1. The lowest BCUT2D eigenvalue weighted by Crippen LogP contribution is -2.33. The zero-order valence-corrected chi connectivity index (χ0v) is 11.6. The van der Waals surface area contributed by atoms with Gasteiger partial charge in [-0.1, -0.05) is 6.92 Å². The first-order valence-corrected chi connectivity index (χ1v) is 7.08. The summed E-state index contributed by atoms with van der Waals surface area (Å²) in [6.07, 6.45) is 2.28. The van der Waals surface area contributed by atoms with E-state index < -0.39 is 0 Å². The Kier molecular flexibility index (Phi) is 4.06. The average Bonchev–Trinajstić information content (AvgIpc) is 2.72. The van der Waals surface area contributed by atoms with E-state index in [1.54, 1.807) is 6.92 Å². The fourth-order valence-corrected chi connectivity index (χ4v) is 2.97. The number of carbonyl (C=O) groups excluding carboxylic acids is 1. The number of piperidine rings is 1. The van der Waals surface area contributed by atoms with E-state index in [2.05, 4.69) is 16.2 Å². The van der Waals surface area contributed by atoms with Crippen LogP contribution in [0.2, 0.25) is 0 Å². The molecule has 0 aliphatic carbocycles. The molecule has 0 radical (unpaired) electrons. The van der Waals surface area contributed by atoms with E-state index in [1.165, 1.54) is 11.5 Å². The number of carbonyl (C=O) groups is 1. The van der Waals surface area contributed by atoms with Crippen LogP contribution in [0.25, 0.3) is 0 Å². The second-order valence-corrected chi connectivity index (χ2v) is 5.39. The van der Waals surface area contributed by atoms with Crippen LogP contribution in [0.3, 0.4) is 0 Å². The minimum absolute atomic E-state index is 0.284. The molecule has 0 spiro atoms. The van der Waals surface area contributed by atoms with Gasteiger partial charge >= 0.3 is 5.97 Å². The quantitative estimate of drug-likeness (QED) is 0.851. The molecule has 1 saturated heterocycles. The third-order valence-corrected chi connectivity index (χ3v) is 4.17. The van der Waals surface area contributed by atoms with Gasteiger partial charge in [-0.2, -0.15) is 4.37 Å². The Morgan fingerprint density at radius 2 is 2.22 bits per heavy atom. The fraction of sp³-hybridized carbons (Fsp3) is 0.667. The molecule has 1 fully saturated rings. The Hall–Kier alpha value is -1.30. The number of aromatic nitrogens is 1. The molecule has 1 aliphatic heterocycles. The Morgan fingerprint density at radius 1 is 1.56 bits per heavy atom. The second kappa shape index (κ2) is 5.56. The summed E-state index contributed by atoms with van der Waals surface area (Å²) in [5, 5.41) is 0.859. The maximum absolute atomic E-state index is 11.9. The SMILES string of the molecule is CCOC(=O)c1c(N)nsc1N1CCC(C)CC1. The Morgan fingerprint density at radius 3 is 2.83 bits per heavy atom. The predicted molar refractivity (Wildman–Crippen MR) is 73.1 cm³/mol. The molecule has 18 heavy (non-hydrogen) atoms. The minimum atomic E-state index is -0.364. The van der Waals surface area contributed by atoms with Gasteiger partial charge < -0.3 is 15.4 Å². The van der Waals surface area contributed by atoms with Gasteiger partial charge in [-0.25, -0.2) is 4.79 Å². The second-order valence-electron chi connectivity index (χ2n) is 4.64. The maximum atomic E-state index is 11.9. The van der Waals surface area contributed by atoms with Crippen LogP contribution < -0.4 is 10.6 Å². The Balaban J connectivity index is 2.20. The first kappa shape index (κ1) is 13.1. The zero-order chi connectivity index (χ0) is 13.1. The molecule has 1 aromatic rings. The van der Waals surface area contributed by atoms with Gasteiger partial charge in [-0.3, -0.25) is 0 Å². The van der Waals surface area contributed by atoms with Gasteiger partial charge in [0.2, 0.25) is 0 Å². The topological polar surface area (TPSA) is 68.5 Å². The van der Waals surface area contributed by atoms with Gasteiger partial charge in [-0.15, -0.1) is 0 Å². The number of anilines is 2. The summed E-state index contributed by atoms with van der Waals surface area (Å²) in [5.41, 5.74) is 6.22. The molecule has 0 unspecified atom stereocenters. The standard InChI is InChI=1S/C12H19N3O2S/c1-3-17-12(16)9-10(13)14-18-11(9)15-6-4-8(2)5-7-15/h8H,3-7H2,1-2H3,(H2,13,14). The number of hydrogen-bond acceptors (Lipinski definition) is 6. The highest BCUT2D eigenvalue weighted by Crippen LogP contribution is 2.33. The van der Waals surface area contributed by atoms with E-state index in [0.29, 0.717) is 12.2 Å². The summed E-state index contributed by atoms with van der Waals surface area (Å²) in [5.74, 6) is 0.669. The Labute approximate surface area is 111 Å². The fourth-order valence-electron chi connectivity index (χ4n) is 2.12. The number of rotatable bonds is 3.